The third kappa shape index (κ3) is 4.46. The zero-order valence-electron chi connectivity index (χ0n) is 16.0. The number of hydrogen-bond acceptors (Lipinski definition) is 4. The lowest BCUT2D eigenvalue weighted by Gasteiger charge is -2.28. The molecule has 1 aromatic carbocycles. The van der Waals surface area contributed by atoms with Crippen LogP contribution in [0.5, 0.6) is 5.88 Å². The third-order valence-electron chi connectivity index (χ3n) is 4.57. The second-order valence-corrected chi connectivity index (χ2v) is 7.10. The van der Waals surface area contributed by atoms with Crippen LogP contribution in [-0.2, 0) is 11.2 Å². The van der Waals surface area contributed by atoms with Gasteiger partial charge < -0.3 is 9.47 Å². The van der Waals surface area contributed by atoms with Gasteiger partial charge in [-0.05, 0) is 56.9 Å². The van der Waals surface area contributed by atoms with Gasteiger partial charge >= 0.3 is 5.97 Å². The monoisotopic (exact) mass is 393 g/mol. The Morgan fingerprint density at radius 3 is 2.71 bits per heavy atom. The third-order valence-corrected chi connectivity index (χ3v) is 4.57. The molecular weight excluding hydrogens is 371 g/mol. The fourth-order valence-electron chi connectivity index (χ4n) is 3.34. The fraction of sp³-hybridized carbons (Fsp3) is 0.429. The normalized spacial score (nSPS) is 16.3. The maximum atomic E-state index is 14.6. The number of esters is 1. The largest absolute Gasteiger partial charge is 0.474 e. The number of carbonyl (C=O) groups is 1. The molecule has 0 saturated carbocycles. The predicted molar refractivity (Wildman–Crippen MR) is 98.3 cm³/mol. The first-order valence-corrected chi connectivity index (χ1v) is 9.20. The van der Waals surface area contributed by atoms with Crippen LogP contribution >= 0.6 is 0 Å². The van der Waals surface area contributed by atoms with Crippen LogP contribution in [0.2, 0.25) is 0 Å². The number of fused-ring (bicyclic) bond motifs is 1. The van der Waals surface area contributed by atoms with E-state index < -0.39 is 30.2 Å². The van der Waals surface area contributed by atoms with Crippen molar-refractivity contribution in [2.24, 2.45) is 0 Å². The number of alkyl halides is 2. The number of ether oxygens (including phenoxy) is 2. The van der Waals surface area contributed by atoms with Gasteiger partial charge in [-0.1, -0.05) is 12.1 Å². The first-order chi connectivity index (χ1) is 13.2. The van der Waals surface area contributed by atoms with Crippen molar-refractivity contribution in [1.82, 2.24) is 4.98 Å². The molecule has 28 heavy (non-hydrogen) atoms. The van der Waals surface area contributed by atoms with Gasteiger partial charge in [0.1, 0.15) is 11.9 Å². The van der Waals surface area contributed by atoms with E-state index in [1.165, 1.54) is 12.1 Å². The number of aromatic nitrogens is 1. The smallest absolute Gasteiger partial charge is 0.357 e. The molecule has 1 aliphatic rings. The zero-order chi connectivity index (χ0) is 20.5. The van der Waals surface area contributed by atoms with E-state index in [0.29, 0.717) is 29.5 Å². The lowest BCUT2D eigenvalue weighted by atomic mass is 9.92. The molecule has 0 bridgehead atoms. The van der Waals surface area contributed by atoms with Crippen LogP contribution in [-0.4, -0.2) is 29.6 Å². The van der Waals surface area contributed by atoms with Gasteiger partial charge in [-0.3, -0.25) is 0 Å². The molecule has 2 heterocycles. The molecule has 1 aromatic heterocycles. The molecule has 0 N–H and O–H groups in total. The molecule has 0 radical (unpaired) electrons. The quantitative estimate of drug-likeness (QED) is 0.662. The van der Waals surface area contributed by atoms with E-state index in [2.05, 4.69) is 4.98 Å². The molecular formula is C21H22F3NO3. The lowest BCUT2D eigenvalue weighted by molar-refractivity contribution is -0.0265. The SMILES string of the molecule is CCOC(=O)c1cc(-c2ccc(C)cc2F)c2c(n1)OC(CC(C)(F)F)CC2. The van der Waals surface area contributed by atoms with Crippen LogP contribution in [0.3, 0.4) is 0 Å². The number of hydrogen-bond donors (Lipinski definition) is 0. The fourth-order valence-corrected chi connectivity index (χ4v) is 3.34. The van der Waals surface area contributed by atoms with Crippen molar-refractivity contribution in [1.29, 1.82) is 0 Å². The van der Waals surface area contributed by atoms with Crippen LogP contribution in [0.15, 0.2) is 24.3 Å². The average molecular weight is 393 g/mol. The molecule has 0 fully saturated rings. The molecule has 0 amide bonds. The number of benzene rings is 1. The van der Waals surface area contributed by atoms with Gasteiger partial charge in [-0.25, -0.2) is 22.9 Å². The van der Waals surface area contributed by atoms with Crippen LogP contribution < -0.4 is 4.74 Å². The predicted octanol–water partition coefficient (Wildman–Crippen LogP) is 5.11. The molecule has 150 valence electrons. The maximum Gasteiger partial charge on any atom is 0.357 e. The summed E-state index contributed by atoms with van der Waals surface area (Å²) >= 11 is 0. The van der Waals surface area contributed by atoms with Gasteiger partial charge in [0.2, 0.25) is 11.8 Å². The number of aryl methyl sites for hydroxylation is 1. The molecule has 4 nitrogen and oxygen atoms in total. The van der Waals surface area contributed by atoms with Gasteiger partial charge in [0.25, 0.3) is 0 Å². The van der Waals surface area contributed by atoms with E-state index in [1.807, 2.05) is 0 Å². The minimum absolute atomic E-state index is 0.0421. The summed E-state index contributed by atoms with van der Waals surface area (Å²) in [4.78, 5) is 16.4. The van der Waals surface area contributed by atoms with Crippen molar-refractivity contribution in [3.63, 3.8) is 0 Å². The Hall–Kier alpha value is -2.57. The summed E-state index contributed by atoms with van der Waals surface area (Å²) in [7, 11) is 0. The molecule has 1 aliphatic heterocycles. The van der Waals surface area contributed by atoms with Crippen LogP contribution in [0.25, 0.3) is 11.1 Å². The Labute approximate surface area is 161 Å². The highest BCUT2D eigenvalue weighted by Gasteiger charge is 2.33. The van der Waals surface area contributed by atoms with E-state index in [0.717, 1.165) is 12.5 Å². The van der Waals surface area contributed by atoms with E-state index in [-0.39, 0.29) is 18.2 Å². The number of halogens is 3. The molecule has 2 aromatic rings. The number of pyridine rings is 1. The number of rotatable bonds is 5. The summed E-state index contributed by atoms with van der Waals surface area (Å²) in [5, 5.41) is 0. The van der Waals surface area contributed by atoms with Crippen LogP contribution in [0.1, 0.15) is 48.3 Å². The highest BCUT2D eigenvalue weighted by Crippen LogP contribution is 2.38. The molecule has 7 heteroatoms. The number of carbonyl (C=O) groups excluding carboxylic acids is 1. The lowest BCUT2D eigenvalue weighted by Crippen LogP contribution is -2.30. The van der Waals surface area contributed by atoms with Crippen molar-refractivity contribution >= 4 is 5.97 Å². The van der Waals surface area contributed by atoms with Gasteiger partial charge in [0, 0.05) is 17.5 Å². The first kappa shape index (κ1) is 20.2. The average Bonchev–Trinajstić information content (AvgIpc) is 2.59. The van der Waals surface area contributed by atoms with Crippen molar-refractivity contribution in [2.45, 2.75) is 52.1 Å². The van der Waals surface area contributed by atoms with Crippen molar-refractivity contribution in [3.8, 4) is 17.0 Å². The summed E-state index contributed by atoms with van der Waals surface area (Å²) in [5.41, 5.74) is 2.09. The number of nitrogens with zero attached hydrogens (tertiary/aromatic N) is 1. The van der Waals surface area contributed by atoms with Gasteiger partial charge in [-0.15, -0.1) is 0 Å². The first-order valence-electron chi connectivity index (χ1n) is 9.20. The van der Waals surface area contributed by atoms with Gasteiger partial charge in [-0.2, -0.15) is 0 Å². The zero-order valence-corrected chi connectivity index (χ0v) is 16.0. The molecule has 1 atom stereocenters. The van der Waals surface area contributed by atoms with Gasteiger partial charge in [0.05, 0.1) is 6.61 Å². The van der Waals surface area contributed by atoms with Crippen LogP contribution in [0, 0.1) is 12.7 Å². The molecule has 1 unspecified atom stereocenters. The Balaban J connectivity index is 2.08. The van der Waals surface area contributed by atoms with Crippen molar-refractivity contribution in [3.05, 3.63) is 46.9 Å². The minimum atomic E-state index is -2.88. The standard InChI is InChI=1S/C21H22F3NO3/c1-4-27-20(26)18-10-16(14-7-5-12(2)9-17(14)22)15-8-6-13(11-21(3,23)24)28-19(15)25-18/h5,7,9-10,13H,4,6,8,11H2,1-3H3. The van der Waals surface area contributed by atoms with E-state index in [9.17, 15) is 18.0 Å². The van der Waals surface area contributed by atoms with E-state index >= 15 is 0 Å². The molecule has 3 rings (SSSR count). The Bertz CT molecular complexity index is 893. The topological polar surface area (TPSA) is 48.4 Å². The highest BCUT2D eigenvalue weighted by molar-refractivity contribution is 5.90. The summed E-state index contributed by atoms with van der Waals surface area (Å²) < 4.78 is 52.1. The van der Waals surface area contributed by atoms with E-state index in [1.54, 1.807) is 26.0 Å². The van der Waals surface area contributed by atoms with Crippen molar-refractivity contribution < 1.29 is 27.4 Å². The molecule has 0 spiro atoms. The van der Waals surface area contributed by atoms with E-state index in [4.69, 9.17) is 9.47 Å². The minimum Gasteiger partial charge on any atom is -0.474 e. The summed E-state index contributed by atoms with van der Waals surface area (Å²) in [6, 6.07) is 6.26. The molecule has 0 saturated heterocycles. The second-order valence-electron chi connectivity index (χ2n) is 7.10. The van der Waals surface area contributed by atoms with Crippen LogP contribution in [0.4, 0.5) is 13.2 Å². The van der Waals surface area contributed by atoms with Crippen molar-refractivity contribution in [2.75, 3.05) is 6.61 Å². The maximum absolute atomic E-state index is 14.6. The Morgan fingerprint density at radius 2 is 2.07 bits per heavy atom. The van der Waals surface area contributed by atoms with Gasteiger partial charge in [0.15, 0.2) is 5.69 Å². The second kappa shape index (κ2) is 7.81. The Morgan fingerprint density at radius 1 is 1.32 bits per heavy atom. The summed E-state index contributed by atoms with van der Waals surface area (Å²) in [6.07, 6.45) is -0.425. The highest BCUT2D eigenvalue weighted by atomic mass is 19.3. The summed E-state index contributed by atoms with van der Waals surface area (Å²) in [6.45, 7) is 4.42. The molecule has 0 aliphatic carbocycles. The summed E-state index contributed by atoms with van der Waals surface area (Å²) in [5.74, 6) is -3.91. The Kier molecular flexibility index (Phi) is 5.63.